The number of hydrogen-bond acceptors (Lipinski definition) is 2. The van der Waals surface area contributed by atoms with Gasteiger partial charge in [0.05, 0.1) is 6.10 Å². The van der Waals surface area contributed by atoms with Crippen molar-refractivity contribution in [1.82, 2.24) is 4.90 Å². The van der Waals surface area contributed by atoms with Crippen LogP contribution in [0.4, 0.5) is 0 Å². The number of aliphatic hydroxyl groups excluding tert-OH is 1. The predicted octanol–water partition coefficient (Wildman–Crippen LogP) is 4.01. The molecule has 1 aliphatic carbocycles. The van der Waals surface area contributed by atoms with Crippen LogP contribution in [0.25, 0.3) is 0 Å². The molecule has 116 valence electrons. The van der Waals surface area contributed by atoms with Crippen molar-refractivity contribution in [3.8, 4) is 0 Å². The number of aliphatic hydroxyl groups is 1. The number of rotatable bonds is 4. The van der Waals surface area contributed by atoms with Gasteiger partial charge in [-0.3, -0.25) is 4.90 Å². The Balaban J connectivity index is 1.81. The number of likely N-dealkylation sites (tertiary alicyclic amines) is 1. The summed E-state index contributed by atoms with van der Waals surface area (Å²) in [6, 6.07) is 11.2. The fraction of sp³-hybridized carbons (Fsp3) is 0.684. The summed E-state index contributed by atoms with van der Waals surface area (Å²) in [5.41, 5.74) is 1.07. The van der Waals surface area contributed by atoms with Crippen molar-refractivity contribution >= 4 is 0 Å². The molecular formula is C19H29NO. The van der Waals surface area contributed by atoms with E-state index in [1.807, 2.05) is 18.2 Å². The van der Waals surface area contributed by atoms with Gasteiger partial charge in [0, 0.05) is 12.1 Å². The maximum Gasteiger partial charge on any atom is 0.0947 e. The van der Waals surface area contributed by atoms with Gasteiger partial charge in [-0.05, 0) is 43.2 Å². The molecule has 4 atom stereocenters. The topological polar surface area (TPSA) is 23.5 Å². The van der Waals surface area contributed by atoms with Crippen LogP contribution in [0.5, 0.6) is 0 Å². The summed E-state index contributed by atoms with van der Waals surface area (Å²) in [5.74, 6) is 1.35. The van der Waals surface area contributed by atoms with E-state index in [4.69, 9.17) is 0 Å². The molecule has 1 aromatic rings. The van der Waals surface area contributed by atoms with Crippen molar-refractivity contribution < 1.29 is 5.11 Å². The Labute approximate surface area is 129 Å². The summed E-state index contributed by atoms with van der Waals surface area (Å²) in [7, 11) is 0. The first-order valence-electron chi connectivity index (χ1n) is 8.67. The highest BCUT2D eigenvalue weighted by molar-refractivity contribution is 5.19. The Morgan fingerprint density at radius 2 is 1.76 bits per heavy atom. The number of nitrogens with zero attached hydrogens (tertiary/aromatic N) is 1. The average molecular weight is 287 g/mol. The largest absolute Gasteiger partial charge is 0.387 e. The molecule has 1 aromatic carbocycles. The van der Waals surface area contributed by atoms with Gasteiger partial charge >= 0.3 is 0 Å². The molecule has 4 unspecified atom stereocenters. The Morgan fingerprint density at radius 1 is 1.05 bits per heavy atom. The SMILES string of the molecule is CC(C)C(C(O)c1ccccc1)N1CCC2CCCCC21. The van der Waals surface area contributed by atoms with Gasteiger partial charge in [0.1, 0.15) is 0 Å². The monoisotopic (exact) mass is 287 g/mol. The van der Waals surface area contributed by atoms with Gasteiger partial charge in [0.25, 0.3) is 0 Å². The third-order valence-electron chi connectivity index (χ3n) is 5.58. The van der Waals surface area contributed by atoms with Crippen molar-refractivity contribution in [3.05, 3.63) is 35.9 Å². The van der Waals surface area contributed by atoms with E-state index in [0.29, 0.717) is 12.0 Å². The Hall–Kier alpha value is -0.860. The van der Waals surface area contributed by atoms with E-state index in [-0.39, 0.29) is 12.1 Å². The van der Waals surface area contributed by atoms with E-state index in [1.54, 1.807) is 0 Å². The quantitative estimate of drug-likeness (QED) is 0.904. The third kappa shape index (κ3) is 3.02. The summed E-state index contributed by atoms with van der Waals surface area (Å²) in [5, 5.41) is 11.0. The molecule has 1 aliphatic heterocycles. The van der Waals surface area contributed by atoms with Gasteiger partial charge in [-0.1, -0.05) is 57.0 Å². The lowest BCUT2D eigenvalue weighted by Crippen LogP contribution is -2.47. The van der Waals surface area contributed by atoms with Crippen LogP contribution in [-0.4, -0.2) is 28.6 Å². The van der Waals surface area contributed by atoms with E-state index in [2.05, 4.69) is 30.9 Å². The average Bonchev–Trinajstić information content (AvgIpc) is 2.92. The van der Waals surface area contributed by atoms with Gasteiger partial charge in [0.15, 0.2) is 0 Å². The van der Waals surface area contributed by atoms with Crippen molar-refractivity contribution in [3.63, 3.8) is 0 Å². The van der Waals surface area contributed by atoms with Crippen molar-refractivity contribution in [2.75, 3.05) is 6.54 Å². The van der Waals surface area contributed by atoms with Gasteiger partial charge in [0.2, 0.25) is 0 Å². The molecule has 2 heteroatoms. The van der Waals surface area contributed by atoms with Crippen molar-refractivity contribution in [1.29, 1.82) is 0 Å². The van der Waals surface area contributed by atoms with E-state index in [9.17, 15) is 5.11 Å². The minimum atomic E-state index is -0.369. The predicted molar refractivity (Wildman–Crippen MR) is 87.1 cm³/mol. The fourth-order valence-electron chi connectivity index (χ4n) is 4.59. The van der Waals surface area contributed by atoms with Crippen LogP contribution in [-0.2, 0) is 0 Å². The number of fused-ring (bicyclic) bond motifs is 1. The molecule has 3 rings (SSSR count). The number of hydrogen-bond donors (Lipinski definition) is 1. The smallest absolute Gasteiger partial charge is 0.0947 e. The van der Waals surface area contributed by atoms with Crippen LogP contribution in [0.3, 0.4) is 0 Å². The number of benzene rings is 1. The van der Waals surface area contributed by atoms with Crippen LogP contribution in [0.15, 0.2) is 30.3 Å². The van der Waals surface area contributed by atoms with Crippen LogP contribution >= 0.6 is 0 Å². The highest BCUT2D eigenvalue weighted by Gasteiger charge is 2.42. The molecule has 1 saturated heterocycles. The molecule has 1 N–H and O–H groups in total. The molecular weight excluding hydrogens is 258 g/mol. The lowest BCUT2D eigenvalue weighted by molar-refractivity contribution is 0.00406. The third-order valence-corrected chi connectivity index (χ3v) is 5.58. The highest BCUT2D eigenvalue weighted by atomic mass is 16.3. The second-order valence-electron chi connectivity index (χ2n) is 7.23. The Bertz CT molecular complexity index is 444. The molecule has 2 fully saturated rings. The zero-order chi connectivity index (χ0) is 14.8. The van der Waals surface area contributed by atoms with Crippen LogP contribution in [0.2, 0.25) is 0 Å². The van der Waals surface area contributed by atoms with E-state index < -0.39 is 0 Å². The lowest BCUT2D eigenvalue weighted by atomic mass is 9.83. The first-order valence-corrected chi connectivity index (χ1v) is 8.67. The first-order chi connectivity index (χ1) is 10.2. The highest BCUT2D eigenvalue weighted by Crippen LogP contribution is 2.40. The summed E-state index contributed by atoms with van der Waals surface area (Å²) >= 11 is 0. The molecule has 1 heterocycles. The standard InChI is InChI=1S/C19H29NO/c1-14(2)18(19(21)16-9-4-3-5-10-16)20-13-12-15-8-6-7-11-17(15)20/h3-5,9-10,14-15,17-19,21H,6-8,11-13H2,1-2H3. The minimum absolute atomic E-state index is 0.250. The molecule has 0 aromatic heterocycles. The molecule has 0 spiro atoms. The molecule has 21 heavy (non-hydrogen) atoms. The minimum Gasteiger partial charge on any atom is -0.387 e. The van der Waals surface area contributed by atoms with E-state index >= 15 is 0 Å². The van der Waals surface area contributed by atoms with Gasteiger partial charge in [-0.2, -0.15) is 0 Å². The van der Waals surface area contributed by atoms with Gasteiger partial charge in [-0.25, -0.2) is 0 Å². The Morgan fingerprint density at radius 3 is 2.48 bits per heavy atom. The summed E-state index contributed by atoms with van der Waals surface area (Å²) in [6.07, 6.45) is 6.46. The second kappa shape index (κ2) is 6.50. The zero-order valence-electron chi connectivity index (χ0n) is 13.4. The summed E-state index contributed by atoms with van der Waals surface area (Å²) in [4.78, 5) is 2.64. The lowest BCUT2D eigenvalue weighted by Gasteiger charge is -2.41. The van der Waals surface area contributed by atoms with Crippen LogP contribution in [0.1, 0.15) is 57.6 Å². The maximum absolute atomic E-state index is 11.0. The first kappa shape index (κ1) is 15.1. The molecule has 0 bridgehead atoms. The van der Waals surface area contributed by atoms with E-state index in [1.165, 1.54) is 38.6 Å². The fourth-order valence-corrected chi connectivity index (χ4v) is 4.59. The molecule has 2 aliphatic rings. The molecule has 2 nitrogen and oxygen atoms in total. The molecule has 0 radical (unpaired) electrons. The van der Waals surface area contributed by atoms with Crippen molar-refractivity contribution in [2.45, 2.75) is 64.1 Å². The summed E-state index contributed by atoms with van der Waals surface area (Å²) in [6.45, 7) is 5.68. The summed E-state index contributed by atoms with van der Waals surface area (Å²) < 4.78 is 0. The normalized spacial score (nSPS) is 29.3. The van der Waals surface area contributed by atoms with Crippen LogP contribution in [0, 0.1) is 11.8 Å². The van der Waals surface area contributed by atoms with E-state index in [0.717, 1.165) is 11.5 Å². The zero-order valence-corrected chi connectivity index (χ0v) is 13.4. The van der Waals surface area contributed by atoms with Crippen LogP contribution < -0.4 is 0 Å². The van der Waals surface area contributed by atoms with Gasteiger partial charge < -0.3 is 5.11 Å². The van der Waals surface area contributed by atoms with Gasteiger partial charge in [-0.15, -0.1) is 0 Å². The van der Waals surface area contributed by atoms with Crippen molar-refractivity contribution in [2.24, 2.45) is 11.8 Å². The Kier molecular flexibility index (Phi) is 4.66. The second-order valence-corrected chi connectivity index (χ2v) is 7.23. The molecule has 0 amide bonds. The molecule has 1 saturated carbocycles. The maximum atomic E-state index is 11.0.